The summed E-state index contributed by atoms with van der Waals surface area (Å²) in [6.45, 7) is 14.3. The Kier molecular flexibility index (Phi) is 5.90. The Morgan fingerprint density at radius 3 is 2.59 bits per heavy atom. The van der Waals surface area contributed by atoms with Crippen LogP contribution in [0.3, 0.4) is 0 Å². The molecule has 3 aliphatic rings. The van der Waals surface area contributed by atoms with Crippen LogP contribution in [0.1, 0.15) is 57.2 Å². The van der Waals surface area contributed by atoms with Gasteiger partial charge in [0.1, 0.15) is 12.0 Å². The molecule has 3 aliphatic heterocycles. The van der Waals surface area contributed by atoms with Gasteiger partial charge in [-0.2, -0.15) is 0 Å². The Balaban J connectivity index is 1.71. The fourth-order valence-corrected chi connectivity index (χ4v) is 5.65. The van der Waals surface area contributed by atoms with Gasteiger partial charge in [-0.1, -0.05) is 63.2 Å². The molecule has 0 aliphatic carbocycles. The summed E-state index contributed by atoms with van der Waals surface area (Å²) in [5.74, 6) is -0.0924. The number of carbonyl (C=O) groups is 1. The molecule has 32 heavy (non-hydrogen) atoms. The number of anilines is 1. The molecule has 1 saturated heterocycles. The van der Waals surface area contributed by atoms with Crippen LogP contribution in [0.15, 0.2) is 36.0 Å². The quantitative estimate of drug-likeness (QED) is 0.204. The topological polar surface area (TPSA) is 62.2 Å². The van der Waals surface area contributed by atoms with Crippen molar-refractivity contribution in [1.29, 1.82) is 0 Å². The van der Waals surface area contributed by atoms with Crippen molar-refractivity contribution in [2.24, 2.45) is 0 Å². The van der Waals surface area contributed by atoms with Gasteiger partial charge in [0.25, 0.3) is 5.91 Å². The second-order valence-corrected chi connectivity index (χ2v) is 11.2. The third-order valence-corrected chi connectivity index (χ3v) is 7.79. The summed E-state index contributed by atoms with van der Waals surface area (Å²) in [5.41, 5.74) is 4.15. The number of amides is 1. The average molecular weight is 473 g/mol. The van der Waals surface area contributed by atoms with Crippen LogP contribution in [0.25, 0.3) is 6.08 Å². The van der Waals surface area contributed by atoms with E-state index in [1.54, 1.807) is 12.2 Å². The fourth-order valence-electron chi connectivity index (χ4n) is 4.56. The molecule has 6 nitrogen and oxygen atoms in total. The molecule has 0 radical (unpaired) electrons. The lowest BCUT2D eigenvalue weighted by atomic mass is 9.68. The van der Waals surface area contributed by atoms with Gasteiger partial charge in [0.2, 0.25) is 0 Å². The molecule has 0 saturated carbocycles. The summed E-state index contributed by atoms with van der Waals surface area (Å²) in [5, 5.41) is 12.2. The summed E-state index contributed by atoms with van der Waals surface area (Å²) in [6.07, 6.45) is 8.41. The molecule has 1 amide bonds. The number of rotatable bonds is 5. The number of hydrogen-bond acceptors (Lipinski definition) is 7. The van der Waals surface area contributed by atoms with Crippen LogP contribution >= 0.6 is 24.0 Å². The molecule has 0 unspecified atom stereocenters. The van der Waals surface area contributed by atoms with Crippen molar-refractivity contribution < 1.29 is 19.8 Å². The Morgan fingerprint density at radius 2 is 1.91 bits per heavy atom. The van der Waals surface area contributed by atoms with Gasteiger partial charge >= 0.3 is 0 Å². The average Bonchev–Trinajstić information content (AvgIpc) is 2.99. The summed E-state index contributed by atoms with van der Waals surface area (Å²) < 4.78 is 0.237. The van der Waals surface area contributed by atoms with Crippen LogP contribution in [0.5, 0.6) is 5.75 Å². The molecule has 0 spiro atoms. The number of carbonyl (C=O) groups excluding carboxylic acids is 1. The van der Waals surface area contributed by atoms with E-state index >= 15 is 0 Å². The number of hydroxylamine groups is 2. The largest absolute Gasteiger partial charge is 0.507 e. The maximum absolute atomic E-state index is 12.5. The van der Waals surface area contributed by atoms with Crippen molar-refractivity contribution >= 4 is 46.0 Å². The van der Waals surface area contributed by atoms with Crippen LogP contribution in [-0.4, -0.2) is 33.5 Å². The van der Waals surface area contributed by atoms with E-state index in [4.69, 9.17) is 17.2 Å². The van der Waals surface area contributed by atoms with Crippen LogP contribution in [0.4, 0.5) is 5.69 Å². The van der Waals surface area contributed by atoms with Gasteiger partial charge in [0, 0.05) is 29.9 Å². The predicted octanol–water partition coefficient (Wildman–Crippen LogP) is 5.33. The zero-order chi connectivity index (χ0) is 23.3. The van der Waals surface area contributed by atoms with Crippen molar-refractivity contribution in [1.82, 2.24) is 5.06 Å². The van der Waals surface area contributed by atoms with Crippen LogP contribution in [-0.2, 0) is 25.5 Å². The Hall–Kier alpha value is -2.29. The molecule has 170 valence electrons. The van der Waals surface area contributed by atoms with Crippen LogP contribution < -0.4 is 4.90 Å². The fraction of sp³-hybridized carbons (Fsp3) is 0.417. The first-order valence-corrected chi connectivity index (χ1v) is 11.8. The number of hydrogen-bond donors (Lipinski definition) is 1. The van der Waals surface area contributed by atoms with Crippen molar-refractivity contribution in [2.75, 3.05) is 18.0 Å². The molecule has 0 aromatic heterocycles. The van der Waals surface area contributed by atoms with Gasteiger partial charge in [0.05, 0.1) is 4.91 Å². The molecule has 1 fully saturated rings. The lowest BCUT2D eigenvalue weighted by molar-refractivity contribution is -0.350. The second-order valence-electron chi connectivity index (χ2n) is 9.54. The minimum atomic E-state index is -0.408. The number of phenols is 1. The maximum atomic E-state index is 12.5. The third-order valence-electron chi connectivity index (χ3n) is 6.50. The Morgan fingerprint density at radius 1 is 1.22 bits per heavy atom. The third kappa shape index (κ3) is 3.84. The monoisotopic (exact) mass is 472 g/mol. The molecule has 4 rings (SSSR count). The van der Waals surface area contributed by atoms with Crippen molar-refractivity contribution in [3.8, 4) is 5.75 Å². The highest BCUT2D eigenvalue weighted by molar-refractivity contribution is 8.26. The predicted molar refractivity (Wildman–Crippen MR) is 132 cm³/mol. The van der Waals surface area contributed by atoms with E-state index in [0.717, 1.165) is 60.1 Å². The van der Waals surface area contributed by atoms with Gasteiger partial charge in [-0.15, -0.1) is 5.06 Å². The van der Waals surface area contributed by atoms with E-state index in [0.29, 0.717) is 10.7 Å². The lowest BCUT2D eigenvalue weighted by Crippen LogP contribution is -2.44. The number of allylic oxidation sites excluding steroid dienone is 2. The van der Waals surface area contributed by atoms with Crippen molar-refractivity contribution in [2.45, 2.75) is 51.4 Å². The van der Waals surface area contributed by atoms with E-state index in [-0.39, 0.29) is 15.2 Å². The van der Waals surface area contributed by atoms with E-state index < -0.39 is 5.91 Å². The zero-order valence-electron chi connectivity index (χ0n) is 18.8. The van der Waals surface area contributed by atoms with Gasteiger partial charge in [-0.3, -0.25) is 4.79 Å². The number of thiocarbonyl (C=S) groups is 1. The highest BCUT2D eigenvalue weighted by atomic mass is 32.2. The Labute approximate surface area is 198 Å². The minimum Gasteiger partial charge on any atom is -0.507 e. The van der Waals surface area contributed by atoms with Gasteiger partial charge in [0.15, 0.2) is 4.32 Å². The Bertz CT molecular complexity index is 1060. The molecule has 1 aromatic rings. The first kappa shape index (κ1) is 22.9. The standard InChI is InChI=1S/C24H28N2O4S2/c1-6-29-30-26-21(28)17(32-22(26)31)9-7-8-15-14-16-19-18(20(15)27)24(4,5)11-13-25(19)12-10-23(16,2)3/h6-9,14,27H,1,10-13H2,2-5H3/b8-7+,17-9+. The first-order valence-electron chi connectivity index (χ1n) is 10.6. The molecule has 0 bridgehead atoms. The zero-order valence-corrected chi connectivity index (χ0v) is 20.4. The van der Waals surface area contributed by atoms with Crippen molar-refractivity contribution in [3.63, 3.8) is 0 Å². The van der Waals surface area contributed by atoms with Gasteiger partial charge in [-0.05, 0) is 53.6 Å². The molecular weight excluding hydrogens is 444 g/mol. The summed E-state index contributed by atoms with van der Waals surface area (Å²) in [7, 11) is 0. The molecule has 1 aromatic carbocycles. The molecule has 1 N–H and O–H groups in total. The summed E-state index contributed by atoms with van der Waals surface area (Å²) >= 11 is 6.28. The van der Waals surface area contributed by atoms with Gasteiger partial charge in [-0.25, -0.2) is 0 Å². The highest BCUT2D eigenvalue weighted by Gasteiger charge is 2.42. The van der Waals surface area contributed by atoms with E-state index in [2.05, 4.69) is 50.1 Å². The number of benzene rings is 1. The molecular formula is C24H28N2O4S2. The minimum absolute atomic E-state index is 0.0230. The highest BCUT2D eigenvalue weighted by Crippen LogP contribution is 2.53. The van der Waals surface area contributed by atoms with E-state index in [1.165, 1.54) is 11.3 Å². The smallest absolute Gasteiger partial charge is 0.293 e. The van der Waals surface area contributed by atoms with E-state index in [9.17, 15) is 9.90 Å². The maximum Gasteiger partial charge on any atom is 0.293 e. The molecule has 8 heteroatoms. The van der Waals surface area contributed by atoms with Crippen molar-refractivity contribution in [3.05, 3.63) is 52.7 Å². The number of nitrogens with zero attached hydrogens (tertiary/aromatic N) is 2. The van der Waals surface area contributed by atoms with Crippen LogP contribution in [0.2, 0.25) is 0 Å². The lowest BCUT2D eigenvalue weighted by Gasteiger charge is -2.48. The number of aromatic hydroxyl groups is 1. The van der Waals surface area contributed by atoms with Crippen LogP contribution in [0, 0.1) is 0 Å². The summed E-state index contributed by atoms with van der Waals surface area (Å²) in [6, 6.07) is 2.10. The molecule has 3 heterocycles. The SMILES string of the molecule is C=COON1C(=O)/C(=C\C=C\c2cc3c4c(c2O)C(C)(C)CCN4CCC3(C)C)SC1=S. The number of phenolic OH excluding ortho intramolecular Hbond substituents is 1. The number of thioether (sulfide) groups is 1. The first-order chi connectivity index (χ1) is 15.1. The normalized spacial score (nSPS) is 22.6. The molecule has 0 atom stereocenters. The van der Waals surface area contributed by atoms with Gasteiger partial charge < -0.3 is 14.9 Å². The summed E-state index contributed by atoms with van der Waals surface area (Å²) in [4.78, 5) is 24.7. The second kappa shape index (κ2) is 8.24. The van der Waals surface area contributed by atoms with E-state index in [1.807, 2.05) is 6.08 Å².